The first kappa shape index (κ1) is 13.5. The molecule has 0 radical (unpaired) electrons. The molecule has 4 nitrogen and oxygen atoms in total. The van der Waals surface area contributed by atoms with Gasteiger partial charge in [-0.15, -0.1) is 11.6 Å². The summed E-state index contributed by atoms with van der Waals surface area (Å²) in [5, 5.41) is 10.8. The van der Waals surface area contributed by atoms with Crippen LogP contribution in [0.3, 0.4) is 0 Å². The van der Waals surface area contributed by atoms with Crippen molar-refractivity contribution in [3.05, 3.63) is 33.9 Å². The van der Waals surface area contributed by atoms with E-state index in [1.54, 1.807) is 12.1 Å². The summed E-state index contributed by atoms with van der Waals surface area (Å²) in [5.74, 6) is 2.47. The fraction of sp³-hybridized carbons (Fsp3) is 0.500. The minimum Gasteiger partial charge on any atom is -0.367 e. The number of nitro groups is 1. The van der Waals surface area contributed by atoms with E-state index in [1.165, 1.54) is 0 Å². The third-order valence-electron chi connectivity index (χ3n) is 3.09. The van der Waals surface area contributed by atoms with Gasteiger partial charge in [-0.1, -0.05) is 0 Å². The second-order valence-electron chi connectivity index (χ2n) is 4.32. The highest BCUT2D eigenvalue weighted by molar-refractivity contribution is 7.99. The van der Waals surface area contributed by atoms with E-state index in [0.29, 0.717) is 11.9 Å². The van der Waals surface area contributed by atoms with Gasteiger partial charge < -0.3 is 4.90 Å². The second-order valence-corrected chi connectivity index (χ2v) is 5.74. The molecule has 0 spiro atoms. The molecule has 1 aliphatic rings. The Balaban J connectivity index is 2.34. The normalized spacial score (nSPS) is 19.9. The predicted octanol–water partition coefficient (Wildman–Crippen LogP) is 3.28. The zero-order chi connectivity index (χ0) is 13.1. The third kappa shape index (κ3) is 2.72. The summed E-state index contributed by atoms with van der Waals surface area (Å²) in [7, 11) is 0. The predicted molar refractivity (Wildman–Crippen MR) is 76.8 cm³/mol. The lowest BCUT2D eigenvalue weighted by Gasteiger charge is -2.36. The first-order valence-electron chi connectivity index (χ1n) is 5.81. The van der Waals surface area contributed by atoms with Crippen molar-refractivity contribution in [3.8, 4) is 0 Å². The number of benzene rings is 1. The smallest absolute Gasteiger partial charge is 0.269 e. The molecule has 0 N–H and O–H groups in total. The maximum atomic E-state index is 10.8. The van der Waals surface area contributed by atoms with Crippen LogP contribution < -0.4 is 4.90 Å². The van der Waals surface area contributed by atoms with Crippen molar-refractivity contribution >= 4 is 34.7 Å². The molecule has 0 aromatic heterocycles. The lowest BCUT2D eigenvalue weighted by Crippen LogP contribution is -2.40. The van der Waals surface area contributed by atoms with E-state index in [1.807, 2.05) is 17.8 Å². The lowest BCUT2D eigenvalue weighted by atomic mass is 10.1. The van der Waals surface area contributed by atoms with E-state index >= 15 is 0 Å². The Morgan fingerprint density at radius 2 is 2.39 bits per heavy atom. The van der Waals surface area contributed by atoms with Crippen LogP contribution in [0.15, 0.2) is 18.2 Å². The molecule has 1 aromatic carbocycles. The number of halogens is 1. The van der Waals surface area contributed by atoms with Crippen LogP contribution >= 0.6 is 23.4 Å². The zero-order valence-corrected chi connectivity index (χ0v) is 11.7. The molecule has 18 heavy (non-hydrogen) atoms. The SMILES string of the molecule is CC1CSCCN1c1ccc([N+](=O)[O-])cc1CCl. The van der Waals surface area contributed by atoms with Crippen LogP contribution in [0, 0.1) is 10.1 Å². The Morgan fingerprint density at radius 1 is 1.61 bits per heavy atom. The van der Waals surface area contributed by atoms with Gasteiger partial charge in [-0.05, 0) is 18.6 Å². The molecule has 2 rings (SSSR count). The van der Waals surface area contributed by atoms with Gasteiger partial charge in [0.2, 0.25) is 0 Å². The van der Waals surface area contributed by atoms with Crippen molar-refractivity contribution < 1.29 is 4.92 Å². The molecule has 1 aliphatic heterocycles. The Hall–Kier alpha value is -0.940. The summed E-state index contributed by atoms with van der Waals surface area (Å²) in [6.07, 6.45) is 0. The average Bonchev–Trinajstić information content (AvgIpc) is 2.38. The highest BCUT2D eigenvalue weighted by Crippen LogP contribution is 2.30. The Bertz CT molecular complexity index is 456. The van der Waals surface area contributed by atoms with Crippen LogP contribution in [0.1, 0.15) is 12.5 Å². The van der Waals surface area contributed by atoms with Crippen molar-refractivity contribution in [1.82, 2.24) is 0 Å². The van der Waals surface area contributed by atoms with Crippen LogP contribution in [0.25, 0.3) is 0 Å². The van der Waals surface area contributed by atoms with E-state index in [9.17, 15) is 10.1 Å². The first-order chi connectivity index (χ1) is 8.63. The van der Waals surface area contributed by atoms with E-state index in [2.05, 4.69) is 11.8 Å². The van der Waals surface area contributed by atoms with Crippen LogP contribution in [-0.4, -0.2) is 29.0 Å². The van der Waals surface area contributed by atoms with Gasteiger partial charge in [0.1, 0.15) is 0 Å². The minimum absolute atomic E-state index is 0.105. The Labute approximate surface area is 115 Å². The molecule has 0 saturated carbocycles. The first-order valence-corrected chi connectivity index (χ1v) is 7.50. The van der Waals surface area contributed by atoms with Crippen molar-refractivity contribution in [2.75, 3.05) is 23.0 Å². The Morgan fingerprint density at radius 3 is 3.00 bits per heavy atom. The molecule has 0 aliphatic carbocycles. The van der Waals surface area contributed by atoms with E-state index in [-0.39, 0.29) is 10.6 Å². The molecular weight excluding hydrogens is 272 g/mol. The number of non-ortho nitro benzene ring substituents is 1. The number of hydrogen-bond acceptors (Lipinski definition) is 4. The van der Waals surface area contributed by atoms with Crippen molar-refractivity contribution in [2.45, 2.75) is 18.8 Å². The van der Waals surface area contributed by atoms with E-state index in [0.717, 1.165) is 29.3 Å². The molecule has 1 atom stereocenters. The van der Waals surface area contributed by atoms with Gasteiger partial charge in [0.25, 0.3) is 5.69 Å². The molecule has 0 bridgehead atoms. The highest BCUT2D eigenvalue weighted by atomic mass is 35.5. The molecule has 1 aromatic rings. The maximum Gasteiger partial charge on any atom is 0.269 e. The number of anilines is 1. The molecular formula is C12H15ClN2O2S. The highest BCUT2D eigenvalue weighted by Gasteiger charge is 2.22. The topological polar surface area (TPSA) is 46.4 Å². The van der Waals surface area contributed by atoms with Crippen molar-refractivity contribution in [3.63, 3.8) is 0 Å². The maximum absolute atomic E-state index is 10.8. The van der Waals surface area contributed by atoms with Crippen LogP contribution in [-0.2, 0) is 5.88 Å². The van der Waals surface area contributed by atoms with Gasteiger partial charge in [-0.25, -0.2) is 0 Å². The molecule has 6 heteroatoms. The van der Waals surface area contributed by atoms with Gasteiger partial charge >= 0.3 is 0 Å². The van der Waals surface area contributed by atoms with Crippen LogP contribution in [0.2, 0.25) is 0 Å². The second kappa shape index (κ2) is 5.80. The summed E-state index contributed by atoms with van der Waals surface area (Å²) in [6, 6.07) is 5.39. The summed E-state index contributed by atoms with van der Waals surface area (Å²) in [6.45, 7) is 3.14. The molecule has 1 unspecified atom stereocenters. The van der Waals surface area contributed by atoms with Crippen molar-refractivity contribution in [1.29, 1.82) is 0 Å². The number of rotatable bonds is 3. The monoisotopic (exact) mass is 286 g/mol. The standard InChI is InChI=1S/C12H15ClN2O2S/c1-9-8-18-5-4-14(9)12-3-2-11(15(16)17)6-10(12)7-13/h2-3,6,9H,4-5,7-8H2,1H3. The van der Waals surface area contributed by atoms with Gasteiger partial charge in [0, 0.05) is 47.8 Å². The van der Waals surface area contributed by atoms with Gasteiger partial charge in [-0.2, -0.15) is 11.8 Å². The van der Waals surface area contributed by atoms with Crippen LogP contribution in [0.4, 0.5) is 11.4 Å². The number of nitro benzene ring substituents is 1. The van der Waals surface area contributed by atoms with Crippen molar-refractivity contribution in [2.24, 2.45) is 0 Å². The Kier molecular flexibility index (Phi) is 4.35. The molecule has 98 valence electrons. The summed E-state index contributed by atoms with van der Waals surface area (Å²) < 4.78 is 0. The van der Waals surface area contributed by atoms with Gasteiger partial charge in [0.15, 0.2) is 0 Å². The largest absolute Gasteiger partial charge is 0.367 e. The average molecular weight is 287 g/mol. The molecule has 1 saturated heterocycles. The fourth-order valence-electron chi connectivity index (χ4n) is 2.16. The summed E-state index contributed by atoms with van der Waals surface area (Å²) in [4.78, 5) is 12.7. The fourth-order valence-corrected chi connectivity index (χ4v) is 3.39. The molecule has 1 fully saturated rings. The number of alkyl halides is 1. The number of hydrogen-bond donors (Lipinski definition) is 0. The zero-order valence-electron chi connectivity index (χ0n) is 10.1. The minimum atomic E-state index is -0.380. The summed E-state index contributed by atoms with van der Waals surface area (Å²) in [5.41, 5.74) is 1.97. The summed E-state index contributed by atoms with van der Waals surface area (Å²) >= 11 is 7.86. The van der Waals surface area contributed by atoms with E-state index in [4.69, 9.17) is 11.6 Å². The molecule has 0 amide bonds. The van der Waals surface area contributed by atoms with E-state index < -0.39 is 0 Å². The van der Waals surface area contributed by atoms with Gasteiger partial charge in [0.05, 0.1) is 4.92 Å². The quantitative estimate of drug-likeness (QED) is 0.486. The van der Waals surface area contributed by atoms with Crippen LogP contribution in [0.5, 0.6) is 0 Å². The third-order valence-corrected chi connectivity index (χ3v) is 4.57. The van der Waals surface area contributed by atoms with Gasteiger partial charge in [-0.3, -0.25) is 10.1 Å². The molecule has 1 heterocycles. The number of nitrogens with zero attached hydrogens (tertiary/aromatic N) is 2. The lowest BCUT2D eigenvalue weighted by molar-refractivity contribution is -0.384. The number of thioether (sulfide) groups is 1.